The molecule has 0 spiro atoms. The van der Waals surface area contributed by atoms with E-state index in [4.69, 9.17) is 9.47 Å². The maximum atomic E-state index is 5.57. The van der Waals surface area contributed by atoms with Gasteiger partial charge < -0.3 is 14.8 Å². The molecule has 0 aliphatic heterocycles. The Morgan fingerprint density at radius 2 is 2.06 bits per heavy atom. The molecule has 1 fully saturated rings. The molecular formula is C15H23NO2. The molecule has 1 saturated carbocycles. The zero-order valence-electron chi connectivity index (χ0n) is 11.6. The number of nitrogens with one attached hydrogen (secondary N) is 1. The van der Waals surface area contributed by atoms with E-state index < -0.39 is 0 Å². The van der Waals surface area contributed by atoms with Crippen molar-refractivity contribution >= 4 is 0 Å². The van der Waals surface area contributed by atoms with Crippen LogP contribution in [0.15, 0.2) is 18.2 Å². The van der Waals surface area contributed by atoms with Gasteiger partial charge in [-0.2, -0.15) is 0 Å². The largest absolute Gasteiger partial charge is 0.493 e. The van der Waals surface area contributed by atoms with Gasteiger partial charge in [-0.15, -0.1) is 0 Å². The lowest BCUT2D eigenvalue weighted by atomic mass is 9.64. The Hall–Kier alpha value is -1.22. The lowest BCUT2D eigenvalue weighted by molar-refractivity contribution is 0.237. The first-order chi connectivity index (χ1) is 8.75. The van der Waals surface area contributed by atoms with Gasteiger partial charge in [0.1, 0.15) is 0 Å². The van der Waals surface area contributed by atoms with Gasteiger partial charge in [0.05, 0.1) is 13.7 Å². The molecule has 0 aromatic heterocycles. The van der Waals surface area contributed by atoms with Crippen molar-refractivity contribution in [2.45, 2.75) is 31.6 Å². The summed E-state index contributed by atoms with van der Waals surface area (Å²) < 4.78 is 11.0. The van der Waals surface area contributed by atoms with Crippen molar-refractivity contribution < 1.29 is 9.47 Å². The Labute approximate surface area is 109 Å². The molecule has 1 aromatic rings. The lowest BCUT2D eigenvalue weighted by Crippen LogP contribution is -2.42. The van der Waals surface area contributed by atoms with E-state index in [1.807, 2.05) is 20.0 Å². The van der Waals surface area contributed by atoms with E-state index in [-0.39, 0.29) is 0 Å². The molecule has 0 unspecified atom stereocenters. The third-order valence-electron chi connectivity index (χ3n) is 3.90. The summed E-state index contributed by atoms with van der Waals surface area (Å²) in [4.78, 5) is 0. The van der Waals surface area contributed by atoms with Crippen LogP contribution < -0.4 is 14.8 Å². The Morgan fingerprint density at radius 3 is 2.56 bits per heavy atom. The number of hydrogen-bond acceptors (Lipinski definition) is 3. The molecule has 1 aliphatic rings. The fourth-order valence-electron chi connectivity index (χ4n) is 2.78. The predicted octanol–water partition coefficient (Wildman–Crippen LogP) is 2.74. The Balaban J connectivity index is 2.28. The van der Waals surface area contributed by atoms with Gasteiger partial charge in [0, 0.05) is 12.0 Å². The Kier molecular flexibility index (Phi) is 4.12. The second kappa shape index (κ2) is 5.61. The molecule has 0 bridgehead atoms. The molecule has 1 N–H and O–H groups in total. The normalized spacial score (nSPS) is 17.1. The summed E-state index contributed by atoms with van der Waals surface area (Å²) >= 11 is 0. The van der Waals surface area contributed by atoms with Crippen LogP contribution in [0.3, 0.4) is 0 Å². The van der Waals surface area contributed by atoms with Crippen LogP contribution in [0.2, 0.25) is 0 Å². The topological polar surface area (TPSA) is 30.5 Å². The average molecular weight is 249 g/mol. The van der Waals surface area contributed by atoms with E-state index in [0.717, 1.165) is 18.0 Å². The van der Waals surface area contributed by atoms with E-state index >= 15 is 0 Å². The van der Waals surface area contributed by atoms with E-state index in [1.54, 1.807) is 7.11 Å². The van der Waals surface area contributed by atoms with Gasteiger partial charge in [-0.1, -0.05) is 12.5 Å². The lowest BCUT2D eigenvalue weighted by Gasteiger charge is -2.42. The highest BCUT2D eigenvalue weighted by Gasteiger charge is 2.38. The number of methoxy groups -OCH3 is 1. The number of ether oxygens (including phenoxy) is 2. The van der Waals surface area contributed by atoms with Crippen molar-refractivity contribution in [3.8, 4) is 11.5 Å². The maximum Gasteiger partial charge on any atom is 0.161 e. The minimum Gasteiger partial charge on any atom is -0.493 e. The Morgan fingerprint density at radius 1 is 1.28 bits per heavy atom. The molecule has 0 radical (unpaired) electrons. The highest BCUT2D eigenvalue weighted by Crippen LogP contribution is 2.45. The first-order valence-electron chi connectivity index (χ1n) is 6.71. The summed E-state index contributed by atoms with van der Waals surface area (Å²) in [7, 11) is 3.72. The summed E-state index contributed by atoms with van der Waals surface area (Å²) in [6.07, 6.45) is 3.83. The molecule has 1 aliphatic carbocycles. The fourth-order valence-corrected chi connectivity index (χ4v) is 2.78. The minimum atomic E-state index is 0.298. The van der Waals surface area contributed by atoms with Crippen LogP contribution in [0.4, 0.5) is 0 Å². The number of hydrogen-bond donors (Lipinski definition) is 1. The predicted molar refractivity (Wildman–Crippen MR) is 73.6 cm³/mol. The second-order valence-corrected chi connectivity index (χ2v) is 4.96. The van der Waals surface area contributed by atoms with Gasteiger partial charge in [0.15, 0.2) is 11.5 Å². The van der Waals surface area contributed by atoms with Crippen molar-refractivity contribution in [3.05, 3.63) is 23.8 Å². The zero-order chi connectivity index (χ0) is 13.0. The van der Waals surface area contributed by atoms with Crippen LogP contribution in [-0.4, -0.2) is 27.3 Å². The summed E-state index contributed by atoms with van der Waals surface area (Å²) in [5, 5.41) is 3.31. The van der Waals surface area contributed by atoms with Crippen LogP contribution in [0.25, 0.3) is 0 Å². The third kappa shape index (κ3) is 2.32. The zero-order valence-corrected chi connectivity index (χ0v) is 11.6. The van der Waals surface area contributed by atoms with Crippen molar-refractivity contribution in [2.24, 2.45) is 0 Å². The minimum absolute atomic E-state index is 0.298. The van der Waals surface area contributed by atoms with Crippen molar-refractivity contribution in [1.82, 2.24) is 5.32 Å². The summed E-state index contributed by atoms with van der Waals surface area (Å²) in [5.41, 5.74) is 1.66. The molecule has 18 heavy (non-hydrogen) atoms. The molecule has 0 saturated heterocycles. The molecule has 0 atom stereocenters. The van der Waals surface area contributed by atoms with Gasteiger partial charge in [-0.05, 0) is 44.5 Å². The average Bonchev–Trinajstić information content (AvgIpc) is 2.35. The van der Waals surface area contributed by atoms with Crippen molar-refractivity contribution in [3.63, 3.8) is 0 Å². The monoisotopic (exact) mass is 249 g/mol. The molecule has 0 heterocycles. The van der Waals surface area contributed by atoms with E-state index in [1.165, 1.54) is 24.8 Å². The summed E-state index contributed by atoms with van der Waals surface area (Å²) in [5.74, 6) is 1.68. The Bertz CT molecular complexity index is 399. The van der Waals surface area contributed by atoms with Gasteiger partial charge in [0.2, 0.25) is 0 Å². The van der Waals surface area contributed by atoms with Gasteiger partial charge in [0.25, 0.3) is 0 Å². The van der Waals surface area contributed by atoms with Crippen LogP contribution >= 0.6 is 0 Å². The first kappa shape index (κ1) is 13.2. The molecular weight excluding hydrogens is 226 g/mol. The number of likely N-dealkylation sites (N-methyl/N-ethyl adjacent to an activating group) is 1. The van der Waals surface area contributed by atoms with Gasteiger partial charge >= 0.3 is 0 Å². The molecule has 3 heteroatoms. The smallest absolute Gasteiger partial charge is 0.161 e. The van der Waals surface area contributed by atoms with Crippen LogP contribution in [0, 0.1) is 0 Å². The fraction of sp³-hybridized carbons (Fsp3) is 0.600. The first-order valence-corrected chi connectivity index (χ1v) is 6.71. The molecule has 100 valence electrons. The van der Waals surface area contributed by atoms with Crippen LogP contribution in [0.5, 0.6) is 11.5 Å². The van der Waals surface area contributed by atoms with E-state index in [2.05, 4.69) is 17.4 Å². The molecule has 0 amide bonds. The second-order valence-electron chi connectivity index (χ2n) is 4.96. The van der Waals surface area contributed by atoms with Gasteiger partial charge in [-0.25, -0.2) is 0 Å². The summed E-state index contributed by atoms with van der Waals surface area (Å²) in [6.45, 7) is 3.68. The highest BCUT2D eigenvalue weighted by atomic mass is 16.5. The van der Waals surface area contributed by atoms with E-state index in [9.17, 15) is 0 Å². The molecule has 1 aromatic carbocycles. The standard InChI is InChI=1S/C15H23NO2/c1-4-18-13-7-6-12(10-14(13)17-3)15(11-16-2)8-5-9-15/h6-7,10,16H,4-5,8-9,11H2,1-3H3. The molecule has 2 rings (SSSR count). The van der Waals surface area contributed by atoms with Crippen LogP contribution in [-0.2, 0) is 5.41 Å². The maximum absolute atomic E-state index is 5.57. The van der Waals surface area contributed by atoms with Crippen LogP contribution in [0.1, 0.15) is 31.7 Å². The number of benzene rings is 1. The SMILES string of the molecule is CCOc1ccc(C2(CNC)CCC2)cc1OC. The number of rotatable bonds is 6. The quantitative estimate of drug-likeness (QED) is 0.841. The molecule has 3 nitrogen and oxygen atoms in total. The third-order valence-corrected chi connectivity index (χ3v) is 3.90. The van der Waals surface area contributed by atoms with Crippen molar-refractivity contribution in [2.75, 3.05) is 27.3 Å². The summed E-state index contributed by atoms with van der Waals surface area (Å²) in [6, 6.07) is 6.36. The van der Waals surface area contributed by atoms with Gasteiger partial charge in [-0.3, -0.25) is 0 Å². The van der Waals surface area contributed by atoms with E-state index in [0.29, 0.717) is 12.0 Å². The highest BCUT2D eigenvalue weighted by molar-refractivity contribution is 5.46. The van der Waals surface area contributed by atoms with Crippen molar-refractivity contribution in [1.29, 1.82) is 0 Å².